The van der Waals surface area contributed by atoms with E-state index in [1.165, 1.54) is 17.4 Å². The molecule has 9 heteroatoms. The zero-order chi connectivity index (χ0) is 21.1. The van der Waals surface area contributed by atoms with Crippen molar-refractivity contribution in [3.05, 3.63) is 46.6 Å². The predicted octanol–water partition coefficient (Wildman–Crippen LogP) is 2.44. The second kappa shape index (κ2) is 8.85. The number of anilines is 2. The van der Waals surface area contributed by atoms with E-state index < -0.39 is 6.10 Å². The van der Waals surface area contributed by atoms with Gasteiger partial charge in [0.2, 0.25) is 5.91 Å². The van der Waals surface area contributed by atoms with E-state index in [9.17, 15) is 14.7 Å². The lowest BCUT2D eigenvalue weighted by Gasteiger charge is -2.25. The minimum absolute atomic E-state index is 0.227. The third kappa shape index (κ3) is 4.63. The number of aliphatic hydroxyl groups is 1. The fraction of sp³-hybridized carbons (Fsp3) is 0.381. The molecule has 3 heterocycles. The number of nitrogens with zero attached hydrogens (tertiary/aromatic N) is 2. The number of nitrogen functional groups attached to an aromatic ring is 1. The average molecular weight is 429 g/mol. The molecule has 0 radical (unpaired) electrons. The first-order valence-corrected chi connectivity index (χ1v) is 10.7. The number of nitrogens with one attached hydrogen (secondary N) is 1. The first kappa shape index (κ1) is 20.4. The second-order valence-corrected chi connectivity index (χ2v) is 8.60. The van der Waals surface area contributed by atoms with Crippen LogP contribution < -0.4 is 11.1 Å². The number of aromatic nitrogens is 1. The van der Waals surface area contributed by atoms with Gasteiger partial charge >= 0.3 is 6.09 Å². The summed E-state index contributed by atoms with van der Waals surface area (Å²) in [5.41, 5.74) is 8.71. The van der Waals surface area contributed by atoms with E-state index in [4.69, 9.17) is 10.5 Å². The van der Waals surface area contributed by atoms with Crippen molar-refractivity contribution in [1.29, 1.82) is 0 Å². The van der Waals surface area contributed by atoms with Crippen LogP contribution in [0.15, 0.2) is 30.6 Å². The maximum atomic E-state index is 12.3. The molecule has 2 amide bonds. The summed E-state index contributed by atoms with van der Waals surface area (Å²) in [4.78, 5) is 31.1. The Bertz CT molecular complexity index is 959. The molecule has 2 aliphatic rings. The lowest BCUT2D eigenvalue weighted by molar-refractivity contribution is -0.111. The van der Waals surface area contributed by atoms with Crippen LogP contribution in [0.3, 0.4) is 0 Å². The number of hydrogen-bond donors (Lipinski definition) is 3. The number of ether oxygens (including phenoxy) is 1. The fourth-order valence-corrected chi connectivity index (χ4v) is 4.93. The number of nitrogens with two attached hydrogens (primary N) is 1. The number of thiophene rings is 1. The van der Waals surface area contributed by atoms with Crippen molar-refractivity contribution < 1.29 is 19.4 Å². The van der Waals surface area contributed by atoms with Gasteiger partial charge in [-0.1, -0.05) is 6.07 Å². The van der Waals surface area contributed by atoms with E-state index in [-0.39, 0.29) is 18.1 Å². The standard InChI is InChI=1S/C21H24N4O4S/c22-19-16-5-4-15(29-21(28)25-9-7-14(26)12-25)10-17(16)30-20(19)24-18(27)6-3-13-2-1-8-23-11-13/h1-3,6,8,11,14-15,26H,4-5,7,9-10,12,22H2,(H,24,27)/b6-3+. The summed E-state index contributed by atoms with van der Waals surface area (Å²) in [6.07, 6.45) is 7.96. The molecule has 4 N–H and O–H groups in total. The van der Waals surface area contributed by atoms with Gasteiger partial charge in [-0.05, 0) is 42.5 Å². The van der Waals surface area contributed by atoms with E-state index >= 15 is 0 Å². The van der Waals surface area contributed by atoms with Gasteiger partial charge in [0.05, 0.1) is 11.8 Å². The average Bonchev–Trinajstić information content (AvgIpc) is 3.31. The molecule has 0 spiro atoms. The molecule has 2 aromatic rings. The number of carbonyl (C=O) groups excluding carboxylic acids is 2. The normalized spacial score (nSPS) is 20.9. The lowest BCUT2D eigenvalue weighted by atomic mass is 9.95. The number of amides is 2. The maximum absolute atomic E-state index is 12.3. The zero-order valence-corrected chi connectivity index (χ0v) is 17.2. The lowest BCUT2D eigenvalue weighted by Crippen LogP contribution is -2.35. The van der Waals surface area contributed by atoms with Crippen LogP contribution >= 0.6 is 11.3 Å². The van der Waals surface area contributed by atoms with E-state index in [0.29, 0.717) is 49.5 Å². The van der Waals surface area contributed by atoms with Crippen molar-refractivity contribution >= 4 is 40.1 Å². The third-order valence-electron chi connectivity index (χ3n) is 5.30. The van der Waals surface area contributed by atoms with Crippen LogP contribution in [0.5, 0.6) is 0 Å². The van der Waals surface area contributed by atoms with Gasteiger partial charge < -0.3 is 25.8 Å². The Morgan fingerprint density at radius 1 is 1.40 bits per heavy atom. The van der Waals surface area contributed by atoms with E-state index in [2.05, 4.69) is 10.3 Å². The van der Waals surface area contributed by atoms with Crippen molar-refractivity contribution in [2.45, 2.75) is 37.9 Å². The molecule has 0 bridgehead atoms. The third-order valence-corrected chi connectivity index (χ3v) is 6.48. The molecular weight excluding hydrogens is 404 g/mol. The molecule has 1 aliphatic carbocycles. The largest absolute Gasteiger partial charge is 0.446 e. The zero-order valence-electron chi connectivity index (χ0n) is 16.4. The maximum Gasteiger partial charge on any atom is 0.410 e. The van der Waals surface area contributed by atoms with Crippen LogP contribution in [0, 0.1) is 0 Å². The summed E-state index contributed by atoms with van der Waals surface area (Å²) >= 11 is 1.43. The highest BCUT2D eigenvalue weighted by Crippen LogP contribution is 2.40. The molecule has 2 unspecified atom stereocenters. The Morgan fingerprint density at radius 2 is 2.27 bits per heavy atom. The Labute approximate surface area is 178 Å². The van der Waals surface area contributed by atoms with E-state index in [1.807, 2.05) is 6.07 Å². The minimum Gasteiger partial charge on any atom is -0.446 e. The fourth-order valence-electron chi connectivity index (χ4n) is 3.70. The molecule has 0 saturated carbocycles. The first-order chi connectivity index (χ1) is 14.5. The molecule has 4 rings (SSSR count). The van der Waals surface area contributed by atoms with Gasteiger partial charge in [0.25, 0.3) is 0 Å². The van der Waals surface area contributed by atoms with Gasteiger partial charge in [-0.3, -0.25) is 9.78 Å². The Kier molecular flexibility index (Phi) is 6.01. The van der Waals surface area contributed by atoms with Crippen LogP contribution in [0.1, 0.15) is 28.8 Å². The second-order valence-electron chi connectivity index (χ2n) is 7.49. The van der Waals surface area contributed by atoms with Gasteiger partial charge in [-0.2, -0.15) is 0 Å². The quantitative estimate of drug-likeness (QED) is 0.644. The molecule has 30 heavy (non-hydrogen) atoms. The predicted molar refractivity (Wildman–Crippen MR) is 115 cm³/mol. The van der Waals surface area contributed by atoms with Crippen LogP contribution in [0.4, 0.5) is 15.5 Å². The molecule has 8 nitrogen and oxygen atoms in total. The Morgan fingerprint density at radius 3 is 3.00 bits per heavy atom. The summed E-state index contributed by atoms with van der Waals surface area (Å²) in [5.74, 6) is -0.264. The number of aliphatic hydroxyl groups excluding tert-OH is 1. The van der Waals surface area contributed by atoms with Gasteiger partial charge in [0.15, 0.2) is 0 Å². The van der Waals surface area contributed by atoms with Crippen molar-refractivity contribution in [3.63, 3.8) is 0 Å². The Balaban J connectivity index is 1.36. The summed E-state index contributed by atoms with van der Waals surface area (Å²) in [6.45, 7) is 0.845. The van der Waals surface area contributed by atoms with Crippen molar-refractivity contribution in [1.82, 2.24) is 9.88 Å². The number of likely N-dealkylation sites (tertiary alicyclic amines) is 1. The molecule has 2 aromatic heterocycles. The van der Waals surface area contributed by atoms with Crippen LogP contribution in [-0.4, -0.2) is 52.3 Å². The van der Waals surface area contributed by atoms with Crippen molar-refractivity contribution in [2.75, 3.05) is 24.1 Å². The molecule has 1 fully saturated rings. The van der Waals surface area contributed by atoms with Gasteiger partial charge in [0, 0.05) is 42.9 Å². The number of fused-ring (bicyclic) bond motifs is 1. The highest BCUT2D eigenvalue weighted by atomic mass is 32.1. The number of carbonyl (C=O) groups is 2. The van der Waals surface area contributed by atoms with E-state index in [0.717, 1.165) is 16.0 Å². The molecule has 1 aliphatic heterocycles. The highest BCUT2D eigenvalue weighted by molar-refractivity contribution is 7.17. The molecule has 0 aromatic carbocycles. The molecule has 1 saturated heterocycles. The highest BCUT2D eigenvalue weighted by Gasteiger charge is 2.31. The van der Waals surface area contributed by atoms with Crippen LogP contribution in [0.2, 0.25) is 0 Å². The van der Waals surface area contributed by atoms with Gasteiger partial charge in [-0.25, -0.2) is 4.79 Å². The SMILES string of the molecule is Nc1c(NC(=O)/C=C/c2cccnc2)sc2c1CCC(OC(=O)N1CCC(O)C1)C2. The monoisotopic (exact) mass is 428 g/mol. The summed E-state index contributed by atoms with van der Waals surface area (Å²) in [5, 5.41) is 13.1. The van der Waals surface area contributed by atoms with Gasteiger partial charge in [0.1, 0.15) is 11.1 Å². The van der Waals surface area contributed by atoms with E-state index in [1.54, 1.807) is 29.4 Å². The summed E-state index contributed by atoms with van der Waals surface area (Å²) in [7, 11) is 0. The molecule has 2 atom stereocenters. The first-order valence-electron chi connectivity index (χ1n) is 9.92. The van der Waals surface area contributed by atoms with Crippen LogP contribution in [0.25, 0.3) is 6.08 Å². The smallest absolute Gasteiger partial charge is 0.410 e. The molecule has 158 valence electrons. The summed E-state index contributed by atoms with van der Waals surface area (Å²) < 4.78 is 5.64. The number of hydrogen-bond acceptors (Lipinski definition) is 7. The number of rotatable bonds is 4. The number of pyridine rings is 1. The van der Waals surface area contributed by atoms with Crippen molar-refractivity contribution in [3.8, 4) is 0 Å². The van der Waals surface area contributed by atoms with Crippen molar-refractivity contribution in [2.24, 2.45) is 0 Å². The number of β-amino-alcohol motifs (C(OH)–C–C–N with tert-alkyl or cyclic N) is 1. The van der Waals surface area contributed by atoms with Crippen LogP contribution in [-0.2, 0) is 22.4 Å². The van der Waals surface area contributed by atoms with Gasteiger partial charge in [-0.15, -0.1) is 11.3 Å². The minimum atomic E-state index is -0.467. The Hall–Kier alpha value is -2.91. The topological polar surface area (TPSA) is 118 Å². The summed E-state index contributed by atoms with van der Waals surface area (Å²) in [6, 6.07) is 3.66. The molecular formula is C21H24N4O4S.